The number of ether oxygens (including phenoxy) is 1. The van der Waals surface area contributed by atoms with E-state index >= 15 is 0 Å². The number of nitrogens with zero attached hydrogens (tertiary/aromatic N) is 1. The summed E-state index contributed by atoms with van der Waals surface area (Å²) in [6.07, 6.45) is 1.35. The highest BCUT2D eigenvalue weighted by atomic mass is 16.5. The lowest BCUT2D eigenvalue weighted by molar-refractivity contribution is 0.279. The summed E-state index contributed by atoms with van der Waals surface area (Å²) in [7, 11) is 2.18. The van der Waals surface area contributed by atoms with E-state index in [2.05, 4.69) is 24.1 Å². The van der Waals surface area contributed by atoms with Crippen LogP contribution in [0.1, 0.15) is 29.0 Å². The van der Waals surface area contributed by atoms with Crippen LogP contribution in [-0.2, 0) is 13.1 Å². The molecule has 0 N–H and O–H groups in total. The number of fused-ring (bicyclic) bond motifs is 4. The Bertz CT molecular complexity index is 440. The molecule has 1 saturated carbocycles. The van der Waals surface area contributed by atoms with Gasteiger partial charge in [-0.05, 0) is 42.1 Å². The predicted molar refractivity (Wildman–Crippen MR) is 58.0 cm³/mol. The molecule has 0 saturated heterocycles. The molecule has 0 radical (unpaired) electrons. The van der Waals surface area contributed by atoms with Gasteiger partial charge in [-0.2, -0.15) is 0 Å². The third kappa shape index (κ3) is 1.08. The van der Waals surface area contributed by atoms with Crippen molar-refractivity contribution in [2.75, 3.05) is 13.7 Å². The van der Waals surface area contributed by atoms with Crippen LogP contribution in [0.5, 0.6) is 5.75 Å². The van der Waals surface area contributed by atoms with E-state index < -0.39 is 0 Å². The summed E-state index contributed by atoms with van der Waals surface area (Å²) >= 11 is 0. The number of hydrogen-bond donors (Lipinski definition) is 0. The maximum atomic E-state index is 5.82. The van der Waals surface area contributed by atoms with Crippen LogP contribution in [0.15, 0.2) is 12.1 Å². The van der Waals surface area contributed by atoms with E-state index in [1.807, 2.05) is 0 Å². The van der Waals surface area contributed by atoms with Gasteiger partial charge in [0.05, 0.1) is 6.61 Å². The Hall–Kier alpha value is -1.02. The minimum Gasteiger partial charge on any atom is -0.493 e. The smallest absolute Gasteiger partial charge is 0.123 e. The average Bonchev–Trinajstić information content (AvgIpc) is 2.91. The molecule has 2 nitrogen and oxygen atoms in total. The Balaban J connectivity index is 1.85. The second-order valence-electron chi connectivity index (χ2n) is 5.24. The maximum absolute atomic E-state index is 5.82. The molecule has 1 fully saturated rings. The van der Waals surface area contributed by atoms with Crippen LogP contribution in [0.2, 0.25) is 0 Å². The molecule has 3 aliphatic rings. The van der Waals surface area contributed by atoms with Crippen molar-refractivity contribution in [1.29, 1.82) is 0 Å². The topological polar surface area (TPSA) is 12.5 Å². The van der Waals surface area contributed by atoms with Crippen LogP contribution in [0.25, 0.3) is 0 Å². The van der Waals surface area contributed by atoms with E-state index in [0.717, 1.165) is 31.5 Å². The number of hydrogen-bond acceptors (Lipinski definition) is 2. The molecule has 0 bridgehead atoms. The fourth-order valence-electron chi connectivity index (χ4n) is 3.04. The lowest BCUT2D eigenvalue weighted by Gasteiger charge is -2.17. The summed E-state index contributed by atoms with van der Waals surface area (Å²) in [5.41, 5.74) is 4.48. The molecular weight excluding hydrogens is 186 g/mol. The van der Waals surface area contributed by atoms with Crippen molar-refractivity contribution in [1.82, 2.24) is 4.90 Å². The monoisotopic (exact) mass is 201 g/mol. The van der Waals surface area contributed by atoms with Crippen molar-refractivity contribution in [2.24, 2.45) is 5.92 Å². The fraction of sp³-hybridized carbons (Fsp3) is 0.538. The van der Waals surface area contributed by atoms with Gasteiger partial charge in [-0.1, -0.05) is 6.07 Å². The number of benzene rings is 1. The minimum absolute atomic E-state index is 0.824. The molecule has 2 heteroatoms. The molecule has 1 aliphatic carbocycles. The molecule has 2 unspecified atom stereocenters. The summed E-state index contributed by atoms with van der Waals surface area (Å²) in [5, 5.41) is 0. The second kappa shape index (κ2) is 2.56. The van der Waals surface area contributed by atoms with Gasteiger partial charge in [0.15, 0.2) is 0 Å². The molecular formula is C13H15NO. The van der Waals surface area contributed by atoms with Crippen molar-refractivity contribution in [2.45, 2.75) is 25.4 Å². The summed E-state index contributed by atoms with van der Waals surface area (Å²) in [6.45, 7) is 3.15. The van der Waals surface area contributed by atoms with Crippen LogP contribution in [0, 0.1) is 5.92 Å². The van der Waals surface area contributed by atoms with Crippen molar-refractivity contribution >= 4 is 0 Å². The Morgan fingerprint density at radius 2 is 2.07 bits per heavy atom. The standard InChI is InChI=1S/C13H15NO/c1-14-5-8-2-12-11-3-10(11)7-15-13(12)4-9(8)6-14/h2,4,10-11H,3,5-7H2,1H3. The highest BCUT2D eigenvalue weighted by molar-refractivity contribution is 5.49. The van der Waals surface area contributed by atoms with Crippen LogP contribution < -0.4 is 4.74 Å². The predicted octanol–water partition coefficient (Wildman–Crippen LogP) is 2.13. The Kier molecular flexibility index (Phi) is 1.39. The first-order chi connectivity index (χ1) is 7.31. The molecule has 2 aliphatic heterocycles. The summed E-state index contributed by atoms with van der Waals surface area (Å²) < 4.78 is 5.82. The summed E-state index contributed by atoms with van der Waals surface area (Å²) in [6, 6.07) is 4.68. The highest BCUT2D eigenvalue weighted by Gasteiger charge is 2.44. The second-order valence-corrected chi connectivity index (χ2v) is 5.24. The first-order valence-electron chi connectivity index (χ1n) is 5.78. The van der Waals surface area contributed by atoms with Gasteiger partial charge in [-0.15, -0.1) is 0 Å². The first-order valence-corrected chi connectivity index (χ1v) is 5.78. The first kappa shape index (κ1) is 8.17. The van der Waals surface area contributed by atoms with Crippen LogP contribution in [-0.4, -0.2) is 18.6 Å². The summed E-state index contributed by atoms with van der Waals surface area (Å²) in [5.74, 6) is 2.82. The largest absolute Gasteiger partial charge is 0.493 e. The SMILES string of the molecule is CN1Cc2cc3c(cc2C1)C1CC1CO3. The molecule has 0 spiro atoms. The maximum Gasteiger partial charge on any atom is 0.123 e. The van der Waals surface area contributed by atoms with Gasteiger partial charge in [0, 0.05) is 19.0 Å². The van der Waals surface area contributed by atoms with Crippen molar-refractivity contribution in [3.05, 3.63) is 28.8 Å². The normalized spacial score (nSPS) is 31.5. The lowest BCUT2D eigenvalue weighted by atomic mass is 10.00. The number of rotatable bonds is 0. The minimum atomic E-state index is 0.824. The Labute approximate surface area is 89.8 Å². The van der Waals surface area contributed by atoms with E-state index in [1.165, 1.54) is 28.9 Å². The average molecular weight is 201 g/mol. The molecule has 4 rings (SSSR count). The van der Waals surface area contributed by atoms with E-state index in [1.54, 1.807) is 0 Å². The molecule has 1 aromatic carbocycles. The Morgan fingerprint density at radius 1 is 1.27 bits per heavy atom. The van der Waals surface area contributed by atoms with Gasteiger partial charge in [0.25, 0.3) is 0 Å². The molecule has 78 valence electrons. The van der Waals surface area contributed by atoms with Crippen molar-refractivity contribution in [3.8, 4) is 5.75 Å². The molecule has 1 aromatic rings. The summed E-state index contributed by atoms with van der Waals surface area (Å²) in [4.78, 5) is 2.36. The van der Waals surface area contributed by atoms with Crippen LogP contribution >= 0.6 is 0 Å². The van der Waals surface area contributed by atoms with Gasteiger partial charge in [-0.3, -0.25) is 4.90 Å². The third-order valence-electron chi connectivity index (χ3n) is 3.99. The van der Waals surface area contributed by atoms with Crippen LogP contribution in [0.3, 0.4) is 0 Å². The zero-order chi connectivity index (χ0) is 9.99. The van der Waals surface area contributed by atoms with Gasteiger partial charge >= 0.3 is 0 Å². The molecule has 0 amide bonds. The fourth-order valence-corrected chi connectivity index (χ4v) is 3.04. The third-order valence-corrected chi connectivity index (χ3v) is 3.99. The van der Waals surface area contributed by atoms with Gasteiger partial charge in [-0.25, -0.2) is 0 Å². The van der Waals surface area contributed by atoms with Gasteiger partial charge < -0.3 is 4.74 Å². The zero-order valence-electron chi connectivity index (χ0n) is 8.99. The molecule has 15 heavy (non-hydrogen) atoms. The van der Waals surface area contributed by atoms with E-state index in [9.17, 15) is 0 Å². The van der Waals surface area contributed by atoms with Gasteiger partial charge in [0.2, 0.25) is 0 Å². The highest BCUT2D eigenvalue weighted by Crippen LogP contribution is 2.54. The van der Waals surface area contributed by atoms with Crippen molar-refractivity contribution < 1.29 is 4.74 Å². The van der Waals surface area contributed by atoms with Crippen LogP contribution in [0.4, 0.5) is 0 Å². The van der Waals surface area contributed by atoms with Gasteiger partial charge in [0.1, 0.15) is 5.75 Å². The van der Waals surface area contributed by atoms with E-state index in [4.69, 9.17) is 4.74 Å². The zero-order valence-corrected chi connectivity index (χ0v) is 8.99. The molecule has 0 aromatic heterocycles. The lowest BCUT2D eigenvalue weighted by Crippen LogP contribution is -2.09. The van der Waals surface area contributed by atoms with E-state index in [-0.39, 0.29) is 0 Å². The molecule has 2 heterocycles. The molecule has 2 atom stereocenters. The quantitative estimate of drug-likeness (QED) is 0.637. The Morgan fingerprint density at radius 3 is 2.93 bits per heavy atom. The van der Waals surface area contributed by atoms with Crippen molar-refractivity contribution in [3.63, 3.8) is 0 Å². The van der Waals surface area contributed by atoms with E-state index in [0.29, 0.717) is 0 Å².